The first-order valence-corrected chi connectivity index (χ1v) is 7.70. The van der Waals surface area contributed by atoms with Gasteiger partial charge < -0.3 is 5.11 Å². The lowest BCUT2D eigenvalue weighted by atomic mass is 10.1. The third kappa shape index (κ3) is 2.56. The zero-order chi connectivity index (χ0) is 13.4. The molecule has 0 spiro atoms. The molecule has 0 unspecified atom stereocenters. The number of carbonyl (C=O) groups is 1. The fourth-order valence-electron chi connectivity index (χ4n) is 2.28. The highest BCUT2D eigenvalue weighted by Gasteiger charge is 2.21. The number of aromatic carboxylic acids is 1. The quantitative estimate of drug-likeness (QED) is 0.945. The number of carboxylic acids is 1. The molecule has 0 bridgehead atoms. The molecular formula is C13H14N2O2S2. The first-order chi connectivity index (χ1) is 9.13. The molecule has 3 heterocycles. The molecule has 19 heavy (non-hydrogen) atoms. The van der Waals surface area contributed by atoms with Gasteiger partial charge in [0.25, 0.3) is 0 Å². The zero-order valence-electron chi connectivity index (χ0n) is 10.5. The Hall–Kier alpha value is -1.24. The van der Waals surface area contributed by atoms with E-state index in [1.54, 1.807) is 11.5 Å². The predicted octanol–water partition coefficient (Wildman–Crippen LogP) is 2.77. The van der Waals surface area contributed by atoms with Crippen molar-refractivity contribution < 1.29 is 9.90 Å². The van der Waals surface area contributed by atoms with Gasteiger partial charge in [-0.2, -0.15) is 0 Å². The minimum atomic E-state index is -0.816. The van der Waals surface area contributed by atoms with Crippen LogP contribution in [0.4, 0.5) is 0 Å². The van der Waals surface area contributed by atoms with Gasteiger partial charge in [0.05, 0.1) is 0 Å². The van der Waals surface area contributed by atoms with Crippen molar-refractivity contribution in [1.82, 2.24) is 9.27 Å². The van der Waals surface area contributed by atoms with Gasteiger partial charge in [-0.05, 0) is 42.1 Å². The van der Waals surface area contributed by atoms with E-state index in [2.05, 4.69) is 16.2 Å². The first kappa shape index (κ1) is 12.8. The molecule has 0 saturated carbocycles. The smallest absolute Gasteiger partial charge is 0.345 e. The number of rotatable bonds is 3. The Labute approximate surface area is 119 Å². The van der Waals surface area contributed by atoms with Crippen LogP contribution in [-0.4, -0.2) is 26.9 Å². The molecule has 3 rings (SSSR count). The molecule has 1 aliphatic rings. The van der Waals surface area contributed by atoms with Crippen molar-refractivity contribution in [3.05, 3.63) is 38.0 Å². The Morgan fingerprint density at radius 2 is 2.42 bits per heavy atom. The van der Waals surface area contributed by atoms with Crippen LogP contribution >= 0.6 is 22.9 Å². The summed E-state index contributed by atoms with van der Waals surface area (Å²) in [5, 5.41) is 9.03. The second kappa shape index (κ2) is 5.03. The summed E-state index contributed by atoms with van der Waals surface area (Å²) in [5.41, 5.74) is 2.45. The molecular weight excluding hydrogens is 280 g/mol. The fourth-order valence-corrected chi connectivity index (χ4v) is 4.15. The SMILES string of the molecule is Cc1cnsc1CN1CCc2cc(C(=O)O)sc2C1. The van der Waals surface area contributed by atoms with Gasteiger partial charge in [-0.3, -0.25) is 4.90 Å². The number of aryl methyl sites for hydroxylation is 1. The number of aromatic nitrogens is 1. The van der Waals surface area contributed by atoms with E-state index < -0.39 is 5.97 Å². The van der Waals surface area contributed by atoms with Gasteiger partial charge in [-0.15, -0.1) is 11.3 Å². The molecule has 0 saturated heterocycles. The van der Waals surface area contributed by atoms with Gasteiger partial charge in [0, 0.05) is 35.6 Å². The maximum absolute atomic E-state index is 11.0. The molecule has 2 aromatic rings. The summed E-state index contributed by atoms with van der Waals surface area (Å²) >= 11 is 2.96. The monoisotopic (exact) mass is 294 g/mol. The highest BCUT2D eigenvalue weighted by Crippen LogP contribution is 2.29. The number of nitrogens with zero attached hydrogens (tertiary/aromatic N) is 2. The summed E-state index contributed by atoms with van der Waals surface area (Å²) in [4.78, 5) is 16.3. The molecule has 1 N–H and O–H groups in total. The van der Waals surface area contributed by atoms with Crippen molar-refractivity contribution in [3.8, 4) is 0 Å². The molecule has 1 aliphatic heterocycles. The van der Waals surface area contributed by atoms with E-state index in [9.17, 15) is 4.79 Å². The van der Waals surface area contributed by atoms with Gasteiger partial charge in [-0.1, -0.05) is 0 Å². The molecule has 0 aromatic carbocycles. The van der Waals surface area contributed by atoms with Gasteiger partial charge in [0.2, 0.25) is 0 Å². The second-order valence-corrected chi connectivity index (χ2v) is 6.78. The Morgan fingerprint density at radius 3 is 3.11 bits per heavy atom. The average Bonchev–Trinajstić information content (AvgIpc) is 2.96. The highest BCUT2D eigenvalue weighted by atomic mass is 32.1. The van der Waals surface area contributed by atoms with E-state index in [0.29, 0.717) is 4.88 Å². The Morgan fingerprint density at radius 1 is 1.58 bits per heavy atom. The van der Waals surface area contributed by atoms with E-state index in [1.807, 2.05) is 12.3 Å². The summed E-state index contributed by atoms with van der Waals surface area (Å²) < 4.78 is 4.20. The maximum Gasteiger partial charge on any atom is 0.345 e. The Kier molecular flexibility index (Phi) is 3.38. The van der Waals surface area contributed by atoms with Crippen molar-refractivity contribution in [2.75, 3.05) is 6.54 Å². The van der Waals surface area contributed by atoms with Crippen LogP contribution in [0.3, 0.4) is 0 Å². The number of fused-ring (bicyclic) bond motifs is 1. The van der Waals surface area contributed by atoms with E-state index >= 15 is 0 Å². The topological polar surface area (TPSA) is 53.4 Å². The summed E-state index contributed by atoms with van der Waals surface area (Å²) in [6.45, 7) is 4.84. The molecule has 0 fully saturated rings. The van der Waals surface area contributed by atoms with E-state index in [4.69, 9.17) is 5.11 Å². The van der Waals surface area contributed by atoms with Crippen LogP contribution < -0.4 is 0 Å². The molecule has 0 amide bonds. The van der Waals surface area contributed by atoms with Crippen molar-refractivity contribution in [2.45, 2.75) is 26.4 Å². The molecule has 4 nitrogen and oxygen atoms in total. The highest BCUT2D eigenvalue weighted by molar-refractivity contribution is 7.14. The minimum absolute atomic E-state index is 0.459. The summed E-state index contributed by atoms with van der Waals surface area (Å²) in [7, 11) is 0. The minimum Gasteiger partial charge on any atom is -0.477 e. The molecule has 100 valence electrons. The van der Waals surface area contributed by atoms with Crippen LogP contribution in [-0.2, 0) is 19.5 Å². The molecule has 6 heteroatoms. The number of carboxylic acid groups (broad SMARTS) is 1. The molecule has 2 aromatic heterocycles. The van der Waals surface area contributed by atoms with Crippen molar-refractivity contribution in [3.63, 3.8) is 0 Å². The largest absolute Gasteiger partial charge is 0.477 e. The van der Waals surface area contributed by atoms with Gasteiger partial charge >= 0.3 is 5.97 Å². The van der Waals surface area contributed by atoms with Crippen molar-refractivity contribution in [1.29, 1.82) is 0 Å². The van der Waals surface area contributed by atoms with Crippen LogP contribution in [0.15, 0.2) is 12.3 Å². The summed E-state index contributed by atoms with van der Waals surface area (Å²) in [5.74, 6) is -0.816. The average molecular weight is 294 g/mol. The van der Waals surface area contributed by atoms with Crippen molar-refractivity contribution >= 4 is 28.8 Å². The molecule has 0 radical (unpaired) electrons. The third-order valence-electron chi connectivity index (χ3n) is 3.39. The van der Waals surface area contributed by atoms with Crippen LogP contribution in [0, 0.1) is 6.92 Å². The summed E-state index contributed by atoms with van der Waals surface area (Å²) in [6.07, 6.45) is 2.85. The standard InChI is InChI=1S/C13H14N2O2S2/c1-8-5-14-19-11(8)6-15-3-2-9-4-10(13(16)17)18-12(9)7-15/h4-5H,2-3,6-7H2,1H3,(H,16,17). The van der Waals surface area contributed by atoms with Crippen LogP contribution in [0.25, 0.3) is 0 Å². The predicted molar refractivity (Wildman–Crippen MR) is 75.9 cm³/mol. The fraction of sp³-hybridized carbons (Fsp3) is 0.385. The van der Waals surface area contributed by atoms with Gasteiger partial charge in [-0.25, -0.2) is 9.17 Å². The molecule has 0 aliphatic carbocycles. The van der Waals surface area contributed by atoms with Gasteiger partial charge in [0.1, 0.15) is 4.88 Å². The Balaban J connectivity index is 1.75. The zero-order valence-corrected chi connectivity index (χ0v) is 12.2. The van der Waals surface area contributed by atoms with Crippen LogP contribution in [0.5, 0.6) is 0 Å². The van der Waals surface area contributed by atoms with Crippen LogP contribution in [0.1, 0.15) is 30.6 Å². The first-order valence-electron chi connectivity index (χ1n) is 6.11. The van der Waals surface area contributed by atoms with E-state index in [0.717, 1.165) is 26.1 Å². The number of thiophene rings is 1. The number of hydrogen-bond donors (Lipinski definition) is 1. The third-order valence-corrected chi connectivity index (χ3v) is 5.42. The van der Waals surface area contributed by atoms with Gasteiger partial charge in [0.15, 0.2) is 0 Å². The second-order valence-electron chi connectivity index (χ2n) is 4.76. The lowest BCUT2D eigenvalue weighted by molar-refractivity contribution is 0.0702. The van der Waals surface area contributed by atoms with E-state index in [-0.39, 0.29) is 0 Å². The molecule has 0 atom stereocenters. The van der Waals surface area contributed by atoms with E-state index in [1.165, 1.54) is 32.2 Å². The lowest BCUT2D eigenvalue weighted by Crippen LogP contribution is -2.28. The normalized spacial score (nSPS) is 15.4. The number of hydrogen-bond acceptors (Lipinski definition) is 5. The lowest BCUT2D eigenvalue weighted by Gasteiger charge is -2.26. The van der Waals surface area contributed by atoms with Crippen molar-refractivity contribution in [2.24, 2.45) is 0 Å². The Bertz CT molecular complexity index is 618. The van der Waals surface area contributed by atoms with Crippen LogP contribution in [0.2, 0.25) is 0 Å². The summed E-state index contributed by atoms with van der Waals surface area (Å²) in [6, 6.07) is 1.83. The maximum atomic E-state index is 11.0.